The third kappa shape index (κ3) is 1.74. The van der Waals surface area contributed by atoms with E-state index in [1.54, 1.807) is 0 Å². The minimum absolute atomic E-state index is 0.00722. The number of fused-ring (bicyclic) bond motifs is 1. The quantitative estimate of drug-likeness (QED) is 0.836. The van der Waals surface area contributed by atoms with Crippen LogP contribution in [-0.4, -0.2) is 6.54 Å². The van der Waals surface area contributed by atoms with Crippen LogP contribution in [0.3, 0.4) is 0 Å². The van der Waals surface area contributed by atoms with Gasteiger partial charge in [0, 0.05) is 12.5 Å². The summed E-state index contributed by atoms with van der Waals surface area (Å²) in [6.45, 7) is 4.45. The van der Waals surface area contributed by atoms with Crippen molar-refractivity contribution < 1.29 is 4.42 Å². The number of nitrogens with two attached hydrogens (primary N) is 1. The van der Waals surface area contributed by atoms with Crippen LogP contribution >= 0.6 is 0 Å². The summed E-state index contributed by atoms with van der Waals surface area (Å²) in [5.74, 6) is 0.661. The van der Waals surface area contributed by atoms with Crippen LogP contribution in [0.2, 0.25) is 0 Å². The summed E-state index contributed by atoms with van der Waals surface area (Å²) in [4.78, 5) is 11.8. The Morgan fingerprint density at radius 3 is 2.75 bits per heavy atom. The van der Waals surface area contributed by atoms with E-state index >= 15 is 0 Å². The molecule has 0 saturated heterocycles. The molecule has 0 amide bonds. The molecule has 0 spiro atoms. The molecule has 3 heteroatoms. The van der Waals surface area contributed by atoms with Gasteiger partial charge in [-0.2, -0.15) is 0 Å². The number of hydrogen-bond donors (Lipinski definition) is 1. The highest BCUT2D eigenvalue weighted by Crippen LogP contribution is 2.20. The first-order valence-electron chi connectivity index (χ1n) is 5.36. The van der Waals surface area contributed by atoms with Crippen molar-refractivity contribution in [2.75, 3.05) is 6.54 Å². The lowest BCUT2D eigenvalue weighted by Crippen LogP contribution is -2.08. The van der Waals surface area contributed by atoms with Crippen molar-refractivity contribution in [2.24, 2.45) is 5.73 Å². The van der Waals surface area contributed by atoms with Crippen molar-refractivity contribution in [3.63, 3.8) is 0 Å². The van der Waals surface area contributed by atoms with Gasteiger partial charge in [-0.1, -0.05) is 6.07 Å². The van der Waals surface area contributed by atoms with Gasteiger partial charge in [0.1, 0.15) is 11.3 Å². The molecule has 0 aliphatic heterocycles. The summed E-state index contributed by atoms with van der Waals surface area (Å²) in [6, 6.07) is 5.29. The normalized spacial score (nSPS) is 10.9. The minimum Gasteiger partial charge on any atom is -0.460 e. The Hall–Kier alpha value is -1.61. The summed E-state index contributed by atoms with van der Waals surface area (Å²) < 4.78 is 5.71. The first-order valence-corrected chi connectivity index (χ1v) is 5.36. The summed E-state index contributed by atoms with van der Waals surface area (Å²) in [5, 5.41) is 0.642. The Labute approximate surface area is 93.9 Å². The fraction of sp³-hybridized carbons (Fsp3) is 0.308. The highest BCUT2D eigenvalue weighted by molar-refractivity contribution is 5.80. The predicted molar refractivity (Wildman–Crippen MR) is 64.7 cm³/mol. The first kappa shape index (κ1) is 10.9. The predicted octanol–water partition coefficient (Wildman–Crippen LogP) is 1.91. The van der Waals surface area contributed by atoms with Gasteiger partial charge in [-0.25, -0.2) is 0 Å². The zero-order valence-corrected chi connectivity index (χ0v) is 9.54. The first-order chi connectivity index (χ1) is 7.63. The van der Waals surface area contributed by atoms with Gasteiger partial charge in [0.2, 0.25) is 0 Å². The molecule has 0 aliphatic rings. The monoisotopic (exact) mass is 217 g/mol. The number of benzene rings is 1. The number of hydrogen-bond acceptors (Lipinski definition) is 3. The number of rotatable bonds is 2. The summed E-state index contributed by atoms with van der Waals surface area (Å²) in [7, 11) is 0. The molecule has 2 aromatic rings. The molecule has 1 aromatic heterocycles. The molecule has 84 valence electrons. The fourth-order valence-corrected chi connectivity index (χ4v) is 1.77. The Balaban J connectivity index is 2.78. The van der Waals surface area contributed by atoms with Crippen LogP contribution in [0.15, 0.2) is 27.4 Å². The lowest BCUT2D eigenvalue weighted by Gasteiger charge is -2.06. The highest BCUT2D eigenvalue weighted by atomic mass is 16.3. The highest BCUT2D eigenvalue weighted by Gasteiger charge is 2.08. The molecule has 1 aromatic carbocycles. The lowest BCUT2D eigenvalue weighted by molar-refractivity contribution is 0.535. The molecular formula is C13H15NO2. The van der Waals surface area contributed by atoms with Crippen LogP contribution in [0.4, 0.5) is 0 Å². The van der Waals surface area contributed by atoms with Crippen LogP contribution < -0.4 is 11.2 Å². The van der Waals surface area contributed by atoms with Gasteiger partial charge in [0.25, 0.3) is 0 Å². The van der Waals surface area contributed by atoms with Crippen molar-refractivity contribution in [1.82, 2.24) is 0 Å². The molecule has 0 atom stereocenters. The fourth-order valence-electron chi connectivity index (χ4n) is 1.77. The molecule has 3 nitrogen and oxygen atoms in total. The van der Waals surface area contributed by atoms with E-state index in [9.17, 15) is 4.79 Å². The zero-order chi connectivity index (χ0) is 11.7. The van der Waals surface area contributed by atoms with E-state index in [1.807, 2.05) is 26.0 Å². The van der Waals surface area contributed by atoms with Gasteiger partial charge in [0.05, 0.1) is 5.39 Å². The SMILES string of the molecule is Cc1ccc2c(=O)cc(CCN)oc2c1C. The second-order valence-corrected chi connectivity index (χ2v) is 4.00. The lowest BCUT2D eigenvalue weighted by atomic mass is 10.1. The van der Waals surface area contributed by atoms with Gasteiger partial charge < -0.3 is 10.2 Å². The van der Waals surface area contributed by atoms with Crippen molar-refractivity contribution >= 4 is 11.0 Å². The maximum atomic E-state index is 11.8. The van der Waals surface area contributed by atoms with Crippen molar-refractivity contribution in [3.05, 3.63) is 45.3 Å². The largest absolute Gasteiger partial charge is 0.460 e. The third-order valence-corrected chi connectivity index (χ3v) is 2.86. The molecule has 2 N–H and O–H groups in total. The smallest absolute Gasteiger partial charge is 0.192 e. The van der Waals surface area contributed by atoms with E-state index in [0.29, 0.717) is 29.7 Å². The molecule has 0 saturated carbocycles. The standard InChI is InChI=1S/C13H15NO2/c1-8-3-4-11-12(15)7-10(5-6-14)16-13(11)9(8)2/h3-4,7H,5-6,14H2,1-2H3. The molecule has 1 heterocycles. The van der Waals surface area contributed by atoms with Crippen molar-refractivity contribution in [2.45, 2.75) is 20.3 Å². The maximum absolute atomic E-state index is 11.8. The second kappa shape index (κ2) is 4.10. The van der Waals surface area contributed by atoms with Crippen LogP contribution in [-0.2, 0) is 6.42 Å². The van der Waals surface area contributed by atoms with E-state index in [0.717, 1.165) is 11.1 Å². The Bertz CT molecular complexity index is 584. The third-order valence-electron chi connectivity index (χ3n) is 2.86. The van der Waals surface area contributed by atoms with Crippen molar-refractivity contribution in [1.29, 1.82) is 0 Å². The average Bonchev–Trinajstić information content (AvgIpc) is 2.25. The second-order valence-electron chi connectivity index (χ2n) is 4.00. The van der Waals surface area contributed by atoms with Gasteiger partial charge in [-0.3, -0.25) is 4.79 Å². The van der Waals surface area contributed by atoms with E-state index in [4.69, 9.17) is 10.2 Å². The van der Waals surface area contributed by atoms with Crippen LogP contribution in [0.1, 0.15) is 16.9 Å². The molecule has 16 heavy (non-hydrogen) atoms. The van der Waals surface area contributed by atoms with Crippen LogP contribution in [0.5, 0.6) is 0 Å². The van der Waals surface area contributed by atoms with Crippen LogP contribution in [0.25, 0.3) is 11.0 Å². The molecule has 2 rings (SSSR count). The molecule has 0 fully saturated rings. The van der Waals surface area contributed by atoms with Gasteiger partial charge in [-0.05, 0) is 37.6 Å². The van der Waals surface area contributed by atoms with E-state index in [2.05, 4.69) is 0 Å². The molecule has 0 aliphatic carbocycles. The topological polar surface area (TPSA) is 56.2 Å². The van der Waals surface area contributed by atoms with Crippen molar-refractivity contribution in [3.8, 4) is 0 Å². The van der Waals surface area contributed by atoms with E-state index in [1.165, 1.54) is 6.07 Å². The summed E-state index contributed by atoms with van der Waals surface area (Å²) in [6.07, 6.45) is 0.596. The van der Waals surface area contributed by atoms with E-state index < -0.39 is 0 Å². The maximum Gasteiger partial charge on any atom is 0.192 e. The number of aryl methyl sites for hydroxylation is 2. The molecule has 0 bridgehead atoms. The summed E-state index contributed by atoms with van der Waals surface area (Å²) >= 11 is 0. The Kier molecular flexibility index (Phi) is 2.79. The van der Waals surface area contributed by atoms with E-state index in [-0.39, 0.29) is 5.43 Å². The molecule has 0 radical (unpaired) electrons. The minimum atomic E-state index is 0.00722. The Morgan fingerprint density at radius 2 is 2.06 bits per heavy atom. The van der Waals surface area contributed by atoms with Gasteiger partial charge in [-0.15, -0.1) is 0 Å². The summed E-state index contributed by atoms with van der Waals surface area (Å²) in [5.41, 5.74) is 8.31. The molecular weight excluding hydrogens is 202 g/mol. The zero-order valence-electron chi connectivity index (χ0n) is 9.54. The van der Waals surface area contributed by atoms with Crippen LogP contribution in [0, 0.1) is 13.8 Å². The van der Waals surface area contributed by atoms with Gasteiger partial charge >= 0.3 is 0 Å². The average molecular weight is 217 g/mol. The Morgan fingerprint density at radius 1 is 1.31 bits per heavy atom. The molecule has 0 unspecified atom stereocenters. The van der Waals surface area contributed by atoms with Gasteiger partial charge in [0.15, 0.2) is 5.43 Å².